The quantitative estimate of drug-likeness (QED) is 0.0998. The summed E-state index contributed by atoms with van der Waals surface area (Å²) in [6.45, 7) is 2.20. The highest BCUT2D eigenvalue weighted by Crippen LogP contribution is 2.27. The largest absolute Gasteiger partial charge is 0.456 e. The van der Waals surface area contributed by atoms with E-state index in [-0.39, 0.29) is 24.5 Å². The smallest absolute Gasteiger partial charge is 0.364 e. The van der Waals surface area contributed by atoms with Crippen LogP contribution in [-0.4, -0.2) is 20.7 Å². The van der Waals surface area contributed by atoms with E-state index in [1.807, 2.05) is 85.8 Å². The van der Waals surface area contributed by atoms with Crippen molar-refractivity contribution in [1.29, 1.82) is 0 Å². The van der Waals surface area contributed by atoms with Gasteiger partial charge in [0.25, 0.3) is 0 Å². The van der Waals surface area contributed by atoms with Gasteiger partial charge in [-0.15, -0.1) is 0 Å². The fourth-order valence-electron chi connectivity index (χ4n) is 3.53. The van der Waals surface area contributed by atoms with Crippen molar-refractivity contribution in [1.82, 2.24) is 9.78 Å². The van der Waals surface area contributed by atoms with Crippen LogP contribution in [0, 0.1) is 10.1 Å². The van der Waals surface area contributed by atoms with Crippen molar-refractivity contribution < 1.29 is 14.5 Å². The number of benzene rings is 3. The molecule has 0 aliphatic heterocycles. The van der Waals surface area contributed by atoms with E-state index in [1.165, 1.54) is 10.2 Å². The monoisotopic (exact) mass is 549 g/mol. The molecule has 8 heteroatoms. The Morgan fingerprint density at radius 3 is 1.92 bits per heavy atom. The summed E-state index contributed by atoms with van der Waals surface area (Å²) in [4.78, 5) is 23.9. The number of hydrogen-bond acceptors (Lipinski definition) is 5. The number of ether oxygens (including phenoxy) is 1. The number of carbonyl (C=O) groups excluding carboxylic acids is 1. The predicted octanol–water partition coefficient (Wildman–Crippen LogP) is 6.73. The predicted molar refractivity (Wildman–Crippen MR) is 143 cm³/mol. The topological polar surface area (TPSA) is 87.3 Å². The summed E-state index contributed by atoms with van der Waals surface area (Å²) in [6.07, 6.45) is 1.10. The standard InChI is InChI=1S/C21H21N3O4.C7H7Br/c1-2-9-18-19(24(26)27)20(21(25)28-15-17-12-7-4-8-13-17)23(22-18)14-16-10-5-3-6-11-16;8-6-7-4-2-1-3-5-7/h3-8,10-13H,2,9,14-15H2,1H3;1-5H,6H2. The number of esters is 1. The van der Waals surface area contributed by atoms with E-state index in [0.29, 0.717) is 18.5 Å². The van der Waals surface area contributed by atoms with E-state index < -0.39 is 10.9 Å². The van der Waals surface area contributed by atoms with Crippen LogP contribution in [-0.2, 0) is 29.6 Å². The minimum Gasteiger partial charge on any atom is -0.456 e. The highest BCUT2D eigenvalue weighted by molar-refractivity contribution is 9.08. The van der Waals surface area contributed by atoms with Crippen molar-refractivity contribution in [3.8, 4) is 0 Å². The molecule has 0 atom stereocenters. The third kappa shape index (κ3) is 7.61. The summed E-state index contributed by atoms with van der Waals surface area (Å²) in [5.74, 6) is -0.749. The molecule has 0 aliphatic rings. The second-order valence-electron chi connectivity index (χ2n) is 7.98. The van der Waals surface area contributed by atoms with Gasteiger partial charge in [-0.1, -0.05) is 120 Å². The second kappa shape index (κ2) is 13.9. The maximum Gasteiger partial charge on any atom is 0.364 e. The first kappa shape index (κ1) is 26.8. The summed E-state index contributed by atoms with van der Waals surface area (Å²) >= 11 is 3.36. The Labute approximate surface area is 219 Å². The Balaban J connectivity index is 0.000000383. The molecule has 186 valence electrons. The van der Waals surface area contributed by atoms with Gasteiger partial charge >= 0.3 is 11.7 Å². The molecule has 7 nitrogen and oxygen atoms in total. The number of halogens is 1. The lowest BCUT2D eigenvalue weighted by Gasteiger charge is -2.08. The molecule has 4 rings (SSSR count). The molecule has 0 N–H and O–H groups in total. The van der Waals surface area contributed by atoms with Crippen LogP contribution in [0.5, 0.6) is 0 Å². The third-order valence-corrected chi connectivity index (χ3v) is 5.89. The SMILES string of the molecule is BrCc1ccccc1.CCCc1nn(Cc2ccccc2)c(C(=O)OCc2ccccc2)c1[N+](=O)[O-]. The zero-order valence-corrected chi connectivity index (χ0v) is 21.6. The molecule has 0 spiro atoms. The van der Waals surface area contributed by atoms with Crippen LogP contribution in [0.3, 0.4) is 0 Å². The van der Waals surface area contributed by atoms with Gasteiger partial charge in [-0.25, -0.2) is 9.48 Å². The van der Waals surface area contributed by atoms with Crippen molar-refractivity contribution in [2.75, 3.05) is 0 Å². The molecule has 0 radical (unpaired) electrons. The van der Waals surface area contributed by atoms with Gasteiger partial charge in [-0.05, 0) is 23.1 Å². The first-order chi connectivity index (χ1) is 17.5. The average molecular weight is 550 g/mol. The summed E-state index contributed by atoms with van der Waals surface area (Å²) in [5.41, 5.74) is 2.94. The Hall–Kier alpha value is -3.78. The van der Waals surface area contributed by atoms with Gasteiger partial charge < -0.3 is 4.74 Å². The molecule has 1 heterocycles. The number of nitrogens with zero attached hydrogens (tertiary/aromatic N) is 3. The van der Waals surface area contributed by atoms with Crippen LogP contribution in [0.4, 0.5) is 5.69 Å². The molecule has 1 aromatic heterocycles. The second-order valence-corrected chi connectivity index (χ2v) is 8.54. The van der Waals surface area contributed by atoms with E-state index in [2.05, 4.69) is 33.2 Å². The maximum atomic E-state index is 12.8. The lowest BCUT2D eigenvalue weighted by Crippen LogP contribution is -2.15. The molecule has 0 saturated carbocycles. The minimum atomic E-state index is -0.749. The number of hydrogen-bond donors (Lipinski definition) is 0. The van der Waals surface area contributed by atoms with Crippen molar-refractivity contribution in [2.24, 2.45) is 0 Å². The number of nitro groups is 1. The number of rotatable bonds is 9. The van der Waals surface area contributed by atoms with Crippen LogP contribution in [0.15, 0.2) is 91.0 Å². The Morgan fingerprint density at radius 2 is 1.44 bits per heavy atom. The Kier molecular flexibility index (Phi) is 10.4. The van der Waals surface area contributed by atoms with Gasteiger partial charge in [0.2, 0.25) is 5.69 Å². The van der Waals surface area contributed by atoms with E-state index in [9.17, 15) is 14.9 Å². The van der Waals surface area contributed by atoms with Crippen LogP contribution in [0.2, 0.25) is 0 Å². The summed E-state index contributed by atoms with van der Waals surface area (Å²) in [5, 5.41) is 17.0. The van der Waals surface area contributed by atoms with Gasteiger partial charge in [0.15, 0.2) is 0 Å². The van der Waals surface area contributed by atoms with E-state index in [0.717, 1.165) is 16.5 Å². The van der Waals surface area contributed by atoms with Crippen molar-refractivity contribution in [2.45, 2.75) is 38.2 Å². The summed E-state index contributed by atoms with van der Waals surface area (Å²) in [7, 11) is 0. The average Bonchev–Trinajstić information content (AvgIpc) is 3.27. The van der Waals surface area contributed by atoms with Crippen LogP contribution in [0.1, 0.15) is 46.2 Å². The summed E-state index contributed by atoms with van der Waals surface area (Å²) < 4.78 is 6.75. The van der Waals surface area contributed by atoms with Gasteiger partial charge in [0, 0.05) is 5.33 Å². The number of aryl methyl sites for hydroxylation is 1. The molecule has 0 fully saturated rings. The fourth-order valence-corrected chi connectivity index (χ4v) is 3.90. The van der Waals surface area contributed by atoms with Gasteiger partial charge in [-0.2, -0.15) is 5.10 Å². The van der Waals surface area contributed by atoms with E-state index in [4.69, 9.17) is 4.74 Å². The van der Waals surface area contributed by atoms with Crippen LogP contribution < -0.4 is 0 Å². The zero-order chi connectivity index (χ0) is 25.8. The maximum absolute atomic E-state index is 12.8. The first-order valence-corrected chi connectivity index (χ1v) is 12.7. The van der Waals surface area contributed by atoms with Crippen molar-refractivity contribution in [3.05, 3.63) is 129 Å². The highest BCUT2D eigenvalue weighted by Gasteiger charge is 2.33. The van der Waals surface area contributed by atoms with Gasteiger partial charge in [-0.3, -0.25) is 10.1 Å². The number of carbonyl (C=O) groups is 1. The summed E-state index contributed by atoms with van der Waals surface area (Å²) in [6, 6.07) is 28.9. The van der Waals surface area contributed by atoms with Crippen LogP contribution in [0.25, 0.3) is 0 Å². The molecule has 3 aromatic carbocycles. The normalized spacial score (nSPS) is 10.3. The molecule has 0 aliphatic carbocycles. The van der Waals surface area contributed by atoms with Crippen molar-refractivity contribution >= 4 is 27.6 Å². The van der Waals surface area contributed by atoms with Crippen LogP contribution >= 0.6 is 15.9 Å². The van der Waals surface area contributed by atoms with E-state index >= 15 is 0 Å². The molecular formula is C28H28BrN3O4. The molecule has 0 amide bonds. The van der Waals surface area contributed by atoms with E-state index in [1.54, 1.807) is 0 Å². The molecule has 0 saturated heterocycles. The third-order valence-electron chi connectivity index (χ3n) is 5.24. The van der Waals surface area contributed by atoms with Gasteiger partial charge in [0.1, 0.15) is 12.3 Å². The molecule has 0 bridgehead atoms. The number of alkyl halides is 1. The Bertz CT molecular complexity index is 1250. The van der Waals surface area contributed by atoms with Gasteiger partial charge in [0.05, 0.1) is 11.5 Å². The molecule has 0 unspecified atom stereocenters. The lowest BCUT2D eigenvalue weighted by molar-refractivity contribution is -0.386. The fraction of sp³-hybridized carbons (Fsp3) is 0.214. The molecular weight excluding hydrogens is 522 g/mol. The molecule has 4 aromatic rings. The zero-order valence-electron chi connectivity index (χ0n) is 20.0. The van der Waals surface area contributed by atoms with Crippen molar-refractivity contribution in [3.63, 3.8) is 0 Å². The highest BCUT2D eigenvalue weighted by atomic mass is 79.9. The number of aromatic nitrogens is 2. The minimum absolute atomic E-state index is 0.0382. The first-order valence-electron chi connectivity index (χ1n) is 11.6. The lowest BCUT2D eigenvalue weighted by atomic mass is 10.2. The Morgan fingerprint density at radius 1 is 0.917 bits per heavy atom. The molecule has 36 heavy (non-hydrogen) atoms.